The molecular weight excluding hydrogens is 234 g/mol. The van der Waals surface area contributed by atoms with Gasteiger partial charge < -0.3 is 5.11 Å². The van der Waals surface area contributed by atoms with Gasteiger partial charge in [0.25, 0.3) is 0 Å². The average Bonchev–Trinajstić information content (AvgIpc) is 2.28. The topological polar surface area (TPSA) is 23.5 Å². The second kappa shape index (κ2) is 6.06. The summed E-state index contributed by atoms with van der Waals surface area (Å²) in [5.41, 5.74) is 2.92. The summed E-state index contributed by atoms with van der Waals surface area (Å²) in [5, 5.41) is 9.12. The van der Waals surface area contributed by atoms with Crippen LogP contribution in [0, 0.1) is 0 Å². The van der Waals surface area contributed by atoms with Crippen molar-refractivity contribution in [1.29, 1.82) is 0 Å². The van der Waals surface area contributed by atoms with E-state index in [9.17, 15) is 0 Å². The number of rotatable bonds is 5. The first-order chi connectivity index (χ1) is 8.66. The Kier molecular flexibility index (Phi) is 5.17. The predicted octanol–water partition coefficient (Wildman–Crippen LogP) is 3.58. The van der Waals surface area contributed by atoms with Crippen molar-refractivity contribution in [2.24, 2.45) is 0 Å². The van der Waals surface area contributed by atoms with Gasteiger partial charge in [0.1, 0.15) is 0 Å². The van der Waals surface area contributed by atoms with Gasteiger partial charge in [-0.05, 0) is 43.9 Å². The lowest BCUT2D eigenvalue weighted by Crippen LogP contribution is -2.41. The van der Waals surface area contributed by atoms with Crippen LogP contribution < -0.4 is 0 Å². The molecule has 0 aliphatic carbocycles. The molecule has 2 nitrogen and oxygen atoms in total. The van der Waals surface area contributed by atoms with E-state index in [-0.39, 0.29) is 17.6 Å². The molecule has 19 heavy (non-hydrogen) atoms. The van der Waals surface area contributed by atoms with Gasteiger partial charge in [0.15, 0.2) is 0 Å². The quantitative estimate of drug-likeness (QED) is 0.878. The van der Waals surface area contributed by atoms with Gasteiger partial charge >= 0.3 is 0 Å². The van der Waals surface area contributed by atoms with Crippen LogP contribution in [0.25, 0.3) is 0 Å². The van der Waals surface area contributed by atoms with Crippen LogP contribution in [-0.4, -0.2) is 29.2 Å². The molecule has 1 rings (SSSR count). The summed E-state index contributed by atoms with van der Waals surface area (Å²) in [4.78, 5) is 2.30. The summed E-state index contributed by atoms with van der Waals surface area (Å²) < 4.78 is 0. The van der Waals surface area contributed by atoms with E-state index < -0.39 is 0 Å². The Morgan fingerprint density at radius 3 is 1.95 bits per heavy atom. The van der Waals surface area contributed by atoms with Gasteiger partial charge in [-0.3, -0.25) is 4.90 Å². The second-order valence-corrected chi connectivity index (χ2v) is 7.09. The van der Waals surface area contributed by atoms with Crippen LogP contribution in [0.3, 0.4) is 0 Å². The van der Waals surface area contributed by atoms with Crippen molar-refractivity contribution in [2.45, 2.75) is 58.5 Å². The van der Waals surface area contributed by atoms with E-state index in [1.165, 1.54) is 11.1 Å². The normalized spacial score (nSPS) is 13.1. The zero-order valence-electron chi connectivity index (χ0n) is 13.3. The fourth-order valence-electron chi connectivity index (χ4n) is 2.06. The van der Waals surface area contributed by atoms with Crippen molar-refractivity contribution >= 4 is 0 Å². The van der Waals surface area contributed by atoms with E-state index in [1.54, 1.807) is 0 Å². The molecule has 1 N–H and O–H groups in total. The first-order valence-electron chi connectivity index (χ1n) is 7.08. The van der Waals surface area contributed by atoms with Gasteiger partial charge in [0.2, 0.25) is 0 Å². The highest BCUT2D eigenvalue weighted by molar-refractivity contribution is 5.27. The Bertz CT molecular complexity index is 387. The van der Waals surface area contributed by atoms with Gasteiger partial charge in [-0.25, -0.2) is 0 Å². The van der Waals surface area contributed by atoms with Gasteiger partial charge in [0.05, 0.1) is 0 Å². The standard InChI is InChI=1S/C17H29NO/c1-16(2,3)15-9-7-14(8-10-15)13-18(6)17(4,5)11-12-19/h7-10,19H,11-13H2,1-6H3. The molecule has 0 amide bonds. The summed E-state index contributed by atoms with van der Waals surface area (Å²) in [6, 6.07) is 8.88. The van der Waals surface area contributed by atoms with Crippen molar-refractivity contribution in [2.75, 3.05) is 13.7 Å². The first kappa shape index (κ1) is 16.2. The summed E-state index contributed by atoms with van der Waals surface area (Å²) in [6.07, 6.45) is 0.795. The molecule has 0 bridgehead atoms. The van der Waals surface area contributed by atoms with Crippen molar-refractivity contribution in [1.82, 2.24) is 4.90 Å². The summed E-state index contributed by atoms with van der Waals surface area (Å²) in [7, 11) is 2.12. The van der Waals surface area contributed by atoms with Crippen molar-refractivity contribution in [3.63, 3.8) is 0 Å². The number of hydrogen-bond acceptors (Lipinski definition) is 2. The Morgan fingerprint density at radius 1 is 1.00 bits per heavy atom. The van der Waals surface area contributed by atoms with Crippen LogP contribution >= 0.6 is 0 Å². The lowest BCUT2D eigenvalue weighted by atomic mass is 9.86. The maximum absolute atomic E-state index is 9.12. The molecule has 0 unspecified atom stereocenters. The van der Waals surface area contributed by atoms with Crippen molar-refractivity contribution < 1.29 is 5.11 Å². The zero-order valence-corrected chi connectivity index (χ0v) is 13.3. The first-order valence-corrected chi connectivity index (χ1v) is 7.08. The van der Waals surface area contributed by atoms with Crippen LogP contribution in [0.4, 0.5) is 0 Å². The monoisotopic (exact) mass is 263 g/mol. The van der Waals surface area contributed by atoms with E-state index in [0.717, 1.165) is 13.0 Å². The van der Waals surface area contributed by atoms with Crippen LogP contribution in [0.2, 0.25) is 0 Å². The van der Waals surface area contributed by atoms with E-state index in [4.69, 9.17) is 5.11 Å². The molecule has 0 aromatic heterocycles. The molecule has 1 aromatic carbocycles. The molecule has 0 fully saturated rings. The van der Waals surface area contributed by atoms with E-state index in [1.807, 2.05) is 0 Å². The molecule has 1 aromatic rings. The van der Waals surface area contributed by atoms with Gasteiger partial charge in [-0.15, -0.1) is 0 Å². The number of aliphatic hydroxyl groups is 1. The lowest BCUT2D eigenvalue weighted by molar-refractivity contribution is 0.110. The summed E-state index contributed by atoms with van der Waals surface area (Å²) in [6.45, 7) is 12.2. The molecule has 0 aliphatic rings. The summed E-state index contributed by atoms with van der Waals surface area (Å²) >= 11 is 0. The molecule has 0 radical (unpaired) electrons. The van der Waals surface area contributed by atoms with E-state index >= 15 is 0 Å². The molecule has 0 saturated carbocycles. The maximum Gasteiger partial charge on any atom is 0.0448 e. The number of aliphatic hydroxyl groups excluding tert-OH is 1. The van der Waals surface area contributed by atoms with E-state index in [0.29, 0.717) is 0 Å². The molecule has 0 spiro atoms. The predicted molar refractivity (Wildman–Crippen MR) is 82.4 cm³/mol. The lowest BCUT2D eigenvalue weighted by Gasteiger charge is -2.35. The zero-order chi connectivity index (χ0) is 14.7. The highest BCUT2D eigenvalue weighted by atomic mass is 16.3. The Morgan fingerprint density at radius 2 is 1.53 bits per heavy atom. The van der Waals surface area contributed by atoms with Crippen LogP contribution in [0.5, 0.6) is 0 Å². The summed E-state index contributed by atoms with van der Waals surface area (Å²) in [5.74, 6) is 0. The van der Waals surface area contributed by atoms with Gasteiger partial charge in [0, 0.05) is 18.7 Å². The third kappa shape index (κ3) is 4.63. The molecule has 2 heteroatoms. The molecule has 0 atom stereocenters. The third-order valence-electron chi connectivity index (χ3n) is 4.00. The fraction of sp³-hybridized carbons (Fsp3) is 0.647. The number of nitrogens with zero attached hydrogens (tertiary/aromatic N) is 1. The van der Waals surface area contributed by atoms with Gasteiger partial charge in [-0.2, -0.15) is 0 Å². The number of benzene rings is 1. The largest absolute Gasteiger partial charge is 0.396 e. The second-order valence-electron chi connectivity index (χ2n) is 7.09. The van der Waals surface area contributed by atoms with Crippen molar-refractivity contribution in [3.8, 4) is 0 Å². The molecule has 0 aliphatic heterocycles. The van der Waals surface area contributed by atoms with Crippen LogP contribution in [0.1, 0.15) is 52.2 Å². The molecular formula is C17H29NO. The highest BCUT2D eigenvalue weighted by Crippen LogP contribution is 2.24. The van der Waals surface area contributed by atoms with Crippen LogP contribution in [0.15, 0.2) is 24.3 Å². The maximum atomic E-state index is 9.12. The Labute approximate surface area is 118 Å². The Balaban J connectivity index is 2.73. The van der Waals surface area contributed by atoms with Gasteiger partial charge in [-0.1, -0.05) is 45.0 Å². The molecule has 0 heterocycles. The third-order valence-corrected chi connectivity index (χ3v) is 4.00. The van der Waals surface area contributed by atoms with Crippen LogP contribution in [-0.2, 0) is 12.0 Å². The average molecular weight is 263 g/mol. The van der Waals surface area contributed by atoms with Crippen molar-refractivity contribution in [3.05, 3.63) is 35.4 Å². The fourth-order valence-corrected chi connectivity index (χ4v) is 2.06. The van der Waals surface area contributed by atoms with E-state index in [2.05, 4.69) is 70.8 Å². The minimum atomic E-state index is 0.0252. The molecule has 0 saturated heterocycles. The SMILES string of the molecule is CN(Cc1ccc(C(C)(C)C)cc1)C(C)(C)CCO. The minimum absolute atomic E-state index is 0.0252. The smallest absolute Gasteiger partial charge is 0.0448 e. The number of hydrogen-bond donors (Lipinski definition) is 1. The molecule has 108 valence electrons. The highest BCUT2D eigenvalue weighted by Gasteiger charge is 2.22. The minimum Gasteiger partial charge on any atom is -0.396 e. The Hall–Kier alpha value is -0.860.